The summed E-state index contributed by atoms with van der Waals surface area (Å²) in [7, 11) is -3.85. The molecule has 0 spiro atoms. The van der Waals surface area contributed by atoms with Gasteiger partial charge in [0.15, 0.2) is 0 Å². The van der Waals surface area contributed by atoms with Crippen molar-refractivity contribution in [3.63, 3.8) is 0 Å². The fraction of sp³-hybridized carbons (Fsp3) is 0.538. The normalized spacial score (nSPS) is 24.0. The van der Waals surface area contributed by atoms with Gasteiger partial charge >= 0.3 is 6.18 Å². The van der Waals surface area contributed by atoms with Crippen molar-refractivity contribution in [2.24, 2.45) is 5.73 Å². The van der Waals surface area contributed by atoms with Crippen molar-refractivity contribution < 1.29 is 21.6 Å². The summed E-state index contributed by atoms with van der Waals surface area (Å²) in [6.45, 7) is 0. The maximum Gasteiger partial charge on any atom is 0.416 e. The van der Waals surface area contributed by atoms with E-state index in [9.17, 15) is 21.6 Å². The van der Waals surface area contributed by atoms with Gasteiger partial charge in [0.05, 0.1) is 10.5 Å². The lowest BCUT2D eigenvalue weighted by Crippen LogP contribution is -2.49. The molecule has 0 aromatic heterocycles. The Bertz CT molecular complexity index is 584. The zero-order valence-electron chi connectivity index (χ0n) is 11.2. The third-order valence-electron chi connectivity index (χ3n) is 3.62. The molecule has 2 atom stereocenters. The molecule has 1 saturated carbocycles. The lowest BCUT2D eigenvalue weighted by molar-refractivity contribution is -0.137. The molecule has 1 aromatic carbocycles. The highest BCUT2D eigenvalue weighted by atomic mass is 32.2. The van der Waals surface area contributed by atoms with E-state index in [4.69, 9.17) is 5.73 Å². The molecule has 21 heavy (non-hydrogen) atoms. The van der Waals surface area contributed by atoms with Crippen LogP contribution in [0.25, 0.3) is 0 Å². The Hall–Kier alpha value is -1.12. The molecule has 3 N–H and O–H groups in total. The molecule has 0 unspecified atom stereocenters. The molecule has 1 fully saturated rings. The summed E-state index contributed by atoms with van der Waals surface area (Å²) in [5.41, 5.74) is 4.99. The summed E-state index contributed by atoms with van der Waals surface area (Å²) in [5.74, 6) is 0. The highest BCUT2D eigenvalue weighted by molar-refractivity contribution is 7.89. The minimum Gasteiger partial charge on any atom is -0.326 e. The van der Waals surface area contributed by atoms with E-state index in [0.717, 1.165) is 43.5 Å². The van der Waals surface area contributed by atoms with Crippen molar-refractivity contribution in [1.29, 1.82) is 0 Å². The van der Waals surface area contributed by atoms with Gasteiger partial charge in [0.25, 0.3) is 0 Å². The summed E-state index contributed by atoms with van der Waals surface area (Å²) in [6, 6.07) is 2.80. The summed E-state index contributed by atoms with van der Waals surface area (Å²) in [5, 5.41) is 0. The second kappa shape index (κ2) is 5.94. The van der Waals surface area contributed by atoms with Gasteiger partial charge in [-0.05, 0) is 37.1 Å². The Labute approximate surface area is 121 Å². The summed E-state index contributed by atoms with van der Waals surface area (Å²) < 4.78 is 64.2. The Balaban J connectivity index is 2.16. The molecule has 8 heteroatoms. The van der Waals surface area contributed by atoms with Gasteiger partial charge in [0.2, 0.25) is 10.0 Å². The molecule has 0 heterocycles. The minimum absolute atomic E-state index is 0.187. The molecule has 0 saturated heterocycles. The molecule has 0 radical (unpaired) electrons. The minimum atomic E-state index is -4.48. The summed E-state index contributed by atoms with van der Waals surface area (Å²) in [6.07, 6.45) is -1.27. The van der Waals surface area contributed by atoms with Gasteiger partial charge in [-0.1, -0.05) is 12.8 Å². The summed E-state index contributed by atoms with van der Waals surface area (Å²) in [4.78, 5) is -0.187. The van der Waals surface area contributed by atoms with Crippen LogP contribution in [0.1, 0.15) is 31.2 Å². The number of sulfonamides is 1. The predicted molar refractivity (Wildman–Crippen MR) is 72.0 cm³/mol. The SMILES string of the molecule is N[C@H]1CCCC[C@@H]1NS(=O)(=O)c1ccc(C(F)(F)F)cc1. The molecule has 4 nitrogen and oxygen atoms in total. The molecule has 0 amide bonds. The van der Waals surface area contributed by atoms with E-state index in [1.807, 2.05) is 0 Å². The number of hydrogen-bond acceptors (Lipinski definition) is 3. The van der Waals surface area contributed by atoms with Crippen molar-refractivity contribution >= 4 is 10.0 Å². The fourth-order valence-corrected chi connectivity index (χ4v) is 3.72. The highest BCUT2D eigenvalue weighted by Crippen LogP contribution is 2.29. The third-order valence-corrected chi connectivity index (χ3v) is 5.12. The lowest BCUT2D eigenvalue weighted by Gasteiger charge is -2.29. The molecule has 1 aliphatic rings. The van der Waals surface area contributed by atoms with E-state index in [1.165, 1.54) is 0 Å². The average molecular weight is 322 g/mol. The first kappa shape index (κ1) is 16.3. The Morgan fingerprint density at radius 2 is 1.67 bits per heavy atom. The number of benzene rings is 1. The Morgan fingerprint density at radius 1 is 1.10 bits per heavy atom. The number of nitrogens with two attached hydrogens (primary N) is 1. The number of nitrogens with one attached hydrogen (secondary N) is 1. The van der Waals surface area contributed by atoms with Crippen LogP contribution in [0.5, 0.6) is 0 Å². The van der Waals surface area contributed by atoms with Crippen molar-refractivity contribution in [1.82, 2.24) is 4.72 Å². The Morgan fingerprint density at radius 3 is 2.19 bits per heavy atom. The number of alkyl halides is 3. The van der Waals surface area contributed by atoms with E-state index in [0.29, 0.717) is 6.42 Å². The largest absolute Gasteiger partial charge is 0.416 e. The van der Waals surface area contributed by atoms with E-state index in [-0.39, 0.29) is 17.0 Å². The van der Waals surface area contributed by atoms with Gasteiger partial charge in [-0.3, -0.25) is 0 Å². The average Bonchev–Trinajstić information content (AvgIpc) is 2.40. The van der Waals surface area contributed by atoms with Crippen LogP contribution in [0.2, 0.25) is 0 Å². The van der Waals surface area contributed by atoms with E-state index < -0.39 is 21.8 Å². The van der Waals surface area contributed by atoms with Crippen molar-refractivity contribution in [3.05, 3.63) is 29.8 Å². The highest BCUT2D eigenvalue weighted by Gasteiger charge is 2.31. The second-order valence-electron chi connectivity index (χ2n) is 5.20. The van der Waals surface area contributed by atoms with Crippen LogP contribution in [-0.4, -0.2) is 20.5 Å². The molecule has 2 rings (SSSR count). The molecule has 0 bridgehead atoms. The molecule has 1 aromatic rings. The lowest BCUT2D eigenvalue weighted by atomic mass is 9.92. The number of rotatable bonds is 3. The maximum atomic E-state index is 12.5. The molecule has 1 aliphatic carbocycles. The molecular formula is C13H17F3N2O2S. The monoisotopic (exact) mass is 322 g/mol. The maximum absolute atomic E-state index is 12.5. The fourth-order valence-electron chi connectivity index (χ4n) is 2.40. The van der Waals surface area contributed by atoms with E-state index in [2.05, 4.69) is 4.72 Å². The van der Waals surface area contributed by atoms with Gasteiger partial charge in [0, 0.05) is 12.1 Å². The van der Waals surface area contributed by atoms with Crippen LogP contribution in [0, 0.1) is 0 Å². The van der Waals surface area contributed by atoms with Gasteiger partial charge in [0.1, 0.15) is 0 Å². The van der Waals surface area contributed by atoms with Crippen LogP contribution in [-0.2, 0) is 16.2 Å². The van der Waals surface area contributed by atoms with Crippen LogP contribution in [0.15, 0.2) is 29.2 Å². The van der Waals surface area contributed by atoms with Gasteiger partial charge in [-0.2, -0.15) is 13.2 Å². The molecule has 0 aliphatic heterocycles. The van der Waals surface area contributed by atoms with Gasteiger partial charge in [-0.25, -0.2) is 13.1 Å². The third kappa shape index (κ3) is 3.96. The van der Waals surface area contributed by atoms with Crippen LogP contribution >= 0.6 is 0 Å². The zero-order valence-corrected chi connectivity index (χ0v) is 12.0. The first-order valence-corrected chi connectivity index (χ1v) is 8.13. The van der Waals surface area contributed by atoms with Crippen LogP contribution in [0.3, 0.4) is 0 Å². The van der Waals surface area contributed by atoms with Gasteiger partial charge in [-0.15, -0.1) is 0 Å². The molecular weight excluding hydrogens is 305 g/mol. The number of halogens is 3. The van der Waals surface area contributed by atoms with E-state index in [1.54, 1.807) is 0 Å². The van der Waals surface area contributed by atoms with E-state index >= 15 is 0 Å². The first-order chi connectivity index (χ1) is 9.70. The first-order valence-electron chi connectivity index (χ1n) is 6.65. The van der Waals surface area contributed by atoms with Crippen LogP contribution in [0.4, 0.5) is 13.2 Å². The topological polar surface area (TPSA) is 72.2 Å². The standard InChI is InChI=1S/C13H17F3N2O2S/c14-13(15,16)9-5-7-10(8-6-9)21(19,20)18-12-4-2-1-3-11(12)17/h5-8,11-12,18H,1-4,17H2/t11-,12-/m0/s1. The zero-order chi connectivity index (χ0) is 15.7. The quantitative estimate of drug-likeness (QED) is 0.896. The van der Waals surface area contributed by atoms with Crippen LogP contribution < -0.4 is 10.5 Å². The van der Waals surface area contributed by atoms with Crippen molar-refractivity contribution in [2.75, 3.05) is 0 Å². The molecule has 118 valence electrons. The Kier molecular flexibility index (Phi) is 4.60. The van der Waals surface area contributed by atoms with Gasteiger partial charge < -0.3 is 5.73 Å². The summed E-state index contributed by atoms with van der Waals surface area (Å²) >= 11 is 0. The number of hydrogen-bond donors (Lipinski definition) is 2. The van der Waals surface area contributed by atoms with Crippen molar-refractivity contribution in [2.45, 2.75) is 48.8 Å². The van der Waals surface area contributed by atoms with Crippen molar-refractivity contribution in [3.8, 4) is 0 Å². The smallest absolute Gasteiger partial charge is 0.326 e. The predicted octanol–water partition coefficient (Wildman–Crippen LogP) is 2.25. The second-order valence-corrected chi connectivity index (χ2v) is 6.91.